The minimum atomic E-state index is -0.00720. The normalized spacial score (nSPS) is 26.9. The van der Waals surface area contributed by atoms with Gasteiger partial charge in [0.05, 0.1) is 29.1 Å². The molecule has 2 saturated heterocycles. The Labute approximate surface area is 148 Å². The molecular formula is C20H27N3O2. The monoisotopic (exact) mass is 341 g/mol. The van der Waals surface area contributed by atoms with Crippen LogP contribution in [0.5, 0.6) is 0 Å². The van der Waals surface area contributed by atoms with Crippen molar-refractivity contribution in [3.8, 4) is 0 Å². The Morgan fingerprint density at radius 1 is 1.36 bits per heavy atom. The molecule has 0 radical (unpaired) electrons. The van der Waals surface area contributed by atoms with Crippen LogP contribution in [-0.4, -0.2) is 40.0 Å². The molecule has 3 atom stereocenters. The smallest absolute Gasteiger partial charge is 0.229 e. The van der Waals surface area contributed by atoms with Crippen LogP contribution in [0, 0.1) is 18.8 Å². The number of likely N-dealkylation sites (tertiary alicyclic amines) is 1. The maximum atomic E-state index is 13.2. The van der Waals surface area contributed by atoms with Crippen LogP contribution in [0.1, 0.15) is 50.5 Å². The fraction of sp³-hybridized carbons (Fsp3) is 0.600. The Kier molecular flexibility index (Phi) is 4.28. The van der Waals surface area contributed by atoms with E-state index in [0.717, 1.165) is 42.7 Å². The van der Waals surface area contributed by atoms with E-state index in [1.807, 2.05) is 11.0 Å². The second-order valence-corrected chi connectivity index (χ2v) is 7.81. The molecule has 0 spiro atoms. The van der Waals surface area contributed by atoms with Crippen molar-refractivity contribution < 1.29 is 9.53 Å². The van der Waals surface area contributed by atoms with Gasteiger partial charge in [-0.3, -0.25) is 4.79 Å². The number of aromatic amines is 1. The van der Waals surface area contributed by atoms with Gasteiger partial charge in [-0.2, -0.15) is 0 Å². The number of aromatic nitrogens is 2. The number of amides is 1. The molecule has 5 nitrogen and oxygen atoms in total. The molecule has 0 saturated carbocycles. The van der Waals surface area contributed by atoms with Gasteiger partial charge < -0.3 is 14.6 Å². The highest BCUT2D eigenvalue weighted by molar-refractivity contribution is 5.81. The van der Waals surface area contributed by atoms with Crippen molar-refractivity contribution in [2.75, 3.05) is 13.2 Å². The molecule has 2 aliphatic heterocycles. The van der Waals surface area contributed by atoms with Crippen LogP contribution in [0.3, 0.4) is 0 Å². The average molecular weight is 341 g/mol. The van der Waals surface area contributed by atoms with E-state index in [2.05, 4.69) is 37.9 Å². The van der Waals surface area contributed by atoms with E-state index in [0.29, 0.717) is 12.5 Å². The molecule has 134 valence electrons. The quantitative estimate of drug-likeness (QED) is 0.928. The van der Waals surface area contributed by atoms with E-state index >= 15 is 0 Å². The third-order valence-electron chi connectivity index (χ3n) is 5.62. The Morgan fingerprint density at radius 3 is 3.00 bits per heavy atom. The van der Waals surface area contributed by atoms with Crippen LogP contribution in [0.4, 0.5) is 0 Å². The number of nitrogens with one attached hydrogen (secondary N) is 1. The summed E-state index contributed by atoms with van der Waals surface area (Å²) in [5.74, 6) is 1.53. The molecule has 0 unspecified atom stereocenters. The van der Waals surface area contributed by atoms with Gasteiger partial charge in [0.15, 0.2) is 0 Å². The minimum absolute atomic E-state index is 0.00720. The van der Waals surface area contributed by atoms with E-state index in [9.17, 15) is 4.79 Å². The molecule has 2 aromatic rings. The van der Waals surface area contributed by atoms with Gasteiger partial charge in [0.1, 0.15) is 5.82 Å². The fourth-order valence-corrected chi connectivity index (χ4v) is 4.36. The Hall–Kier alpha value is -1.88. The molecule has 25 heavy (non-hydrogen) atoms. The zero-order valence-corrected chi connectivity index (χ0v) is 15.3. The predicted molar refractivity (Wildman–Crippen MR) is 97.2 cm³/mol. The molecule has 2 aliphatic rings. The van der Waals surface area contributed by atoms with Crippen molar-refractivity contribution in [2.45, 2.75) is 52.2 Å². The van der Waals surface area contributed by atoms with E-state index in [1.54, 1.807) is 0 Å². The van der Waals surface area contributed by atoms with Gasteiger partial charge in [0, 0.05) is 13.2 Å². The van der Waals surface area contributed by atoms with Gasteiger partial charge in [0.2, 0.25) is 5.91 Å². The summed E-state index contributed by atoms with van der Waals surface area (Å²) in [7, 11) is 0. The number of carbonyl (C=O) groups excluding carboxylic acids is 1. The van der Waals surface area contributed by atoms with Crippen LogP contribution < -0.4 is 0 Å². The summed E-state index contributed by atoms with van der Waals surface area (Å²) in [6.45, 7) is 7.87. The molecule has 1 amide bonds. The first-order valence-electron chi connectivity index (χ1n) is 9.43. The first-order valence-corrected chi connectivity index (χ1v) is 9.43. The van der Waals surface area contributed by atoms with Crippen LogP contribution in [-0.2, 0) is 9.53 Å². The molecular weight excluding hydrogens is 314 g/mol. The van der Waals surface area contributed by atoms with Crippen molar-refractivity contribution in [1.82, 2.24) is 14.9 Å². The third-order valence-corrected chi connectivity index (χ3v) is 5.62. The Morgan fingerprint density at radius 2 is 2.20 bits per heavy atom. The molecule has 5 heteroatoms. The van der Waals surface area contributed by atoms with Crippen molar-refractivity contribution in [1.29, 1.82) is 0 Å². The lowest BCUT2D eigenvalue weighted by atomic mass is 9.91. The maximum absolute atomic E-state index is 13.2. The van der Waals surface area contributed by atoms with Crippen molar-refractivity contribution in [3.63, 3.8) is 0 Å². The van der Waals surface area contributed by atoms with Crippen molar-refractivity contribution >= 4 is 16.9 Å². The lowest BCUT2D eigenvalue weighted by molar-refractivity contribution is -0.139. The van der Waals surface area contributed by atoms with Crippen LogP contribution in [0.2, 0.25) is 0 Å². The fourth-order valence-electron chi connectivity index (χ4n) is 4.36. The number of carbonyl (C=O) groups is 1. The van der Waals surface area contributed by atoms with Gasteiger partial charge in [-0.15, -0.1) is 0 Å². The lowest BCUT2D eigenvalue weighted by Crippen LogP contribution is -2.40. The summed E-state index contributed by atoms with van der Waals surface area (Å²) in [4.78, 5) is 23.5. The summed E-state index contributed by atoms with van der Waals surface area (Å²) in [5, 5.41) is 0. The number of hydrogen-bond donors (Lipinski definition) is 1. The van der Waals surface area contributed by atoms with Crippen molar-refractivity contribution in [3.05, 3.63) is 29.6 Å². The number of hydrogen-bond acceptors (Lipinski definition) is 3. The summed E-state index contributed by atoms with van der Waals surface area (Å²) in [5.41, 5.74) is 3.24. The highest BCUT2D eigenvalue weighted by Gasteiger charge is 2.42. The van der Waals surface area contributed by atoms with Gasteiger partial charge in [0.25, 0.3) is 0 Å². The lowest BCUT2D eigenvalue weighted by Gasteiger charge is -2.29. The zero-order valence-electron chi connectivity index (χ0n) is 15.3. The van der Waals surface area contributed by atoms with Crippen LogP contribution >= 0.6 is 0 Å². The first-order chi connectivity index (χ1) is 12.0. The standard InChI is InChI=1S/C20H27N3O2/c1-12(2)18-14(8-10-25-18)20(24)23-9-4-5-17(23)19-21-15-7-6-13(3)11-16(15)22-19/h6-7,11-12,14,17-18H,4-5,8-10H2,1-3H3,(H,21,22)/t14-,17-,18-/m0/s1. The second-order valence-electron chi connectivity index (χ2n) is 7.81. The number of aryl methyl sites for hydroxylation is 1. The van der Waals surface area contributed by atoms with Gasteiger partial charge in [-0.05, 0) is 49.8 Å². The summed E-state index contributed by atoms with van der Waals surface area (Å²) >= 11 is 0. The molecule has 0 aliphatic carbocycles. The van der Waals surface area contributed by atoms with E-state index < -0.39 is 0 Å². The molecule has 1 aromatic carbocycles. The Balaban J connectivity index is 1.60. The average Bonchev–Trinajstić information content (AvgIpc) is 3.31. The van der Waals surface area contributed by atoms with Crippen molar-refractivity contribution in [2.24, 2.45) is 11.8 Å². The van der Waals surface area contributed by atoms with E-state index in [-0.39, 0.29) is 24.0 Å². The first kappa shape index (κ1) is 16.6. The summed E-state index contributed by atoms with van der Waals surface area (Å²) < 4.78 is 5.84. The largest absolute Gasteiger partial charge is 0.377 e. The van der Waals surface area contributed by atoms with Crippen LogP contribution in [0.15, 0.2) is 18.2 Å². The number of benzene rings is 1. The number of fused-ring (bicyclic) bond motifs is 1. The zero-order chi connectivity index (χ0) is 17.6. The van der Waals surface area contributed by atoms with E-state index in [4.69, 9.17) is 9.72 Å². The predicted octanol–water partition coefficient (Wildman–Crippen LogP) is 3.60. The molecule has 0 bridgehead atoms. The number of H-pyrrole nitrogens is 1. The maximum Gasteiger partial charge on any atom is 0.229 e. The van der Waals surface area contributed by atoms with E-state index in [1.165, 1.54) is 5.56 Å². The number of ether oxygens (including phenoxy) is 1. The second kappa shape index (κ2) is 6.45. The summed E-state index contributed by atoms with van der Waals surface area (Å²) in [6, 6.07) is 6.31. The van der Waals surface area contributed by atoms with Gasteiger partial charge in [-0.25, -0.2) is 4.98 Å². The molecule has 1 aromatic heterocycles. The topological polar surface area (TPSA) is 58.2 Å². The molecule has 4 rings (SSSR count). The number of imidazole rings is 1. The van der Waals surface area contributed by atoms with Gasteiger partial charge >= 0.3 is 0 Å². The third kappa shape index (κ3) is 2.95. The highest BCUT2D eigenvalue weighted by Crippen LogP contribution is 2.36. The Bertz CT molecular complexity index is 782. The number of rotatable bonds is 3. The summed E-state index contributed by atoms with van der Waals surface area (Å²) in [6.07, 6.45) is 2.90. The number of nitrogens with zero attached hydrogens (tertiary/aromatic N) is 2. The highest BCUT2D eigenvalue weighted by atomic mass is 16.5. The molecule has 2 fully saturated rings. The SMILES string of the molecule is Cc1ccc2nc([C@@H]3CCCN3C(=O)[C@H]3CCO[C@H]3C(C)C)[nH]c2c1. The van der Waals surface area contributed by atoms with Crippen LogP contribution in [0.25, 0.3) is 11.0 Å². The molecule has 3 heterocycles. The molecule has 1 N–H and O–H groups in total. The minimum Gasteiger partial charge on any atom is -0.377 e. The van der Waals surface area contributed by atoms with Gasteiger partial charge in [-0.1, -0.05) is 19.9 Å².